The molecule has 0 aliphatic rings. The second-order valence-electron chi connectivity index (χ2n) is 9.22. The second kappa shape index (κ2) is 14.5. The number of non-ortho nitro benzene ring substituents is 1. The lowest BCUT2D eigenvalue weighted by atomic mass is 10.1. The fourth-order valence-corrected chi connectivity index (χ4v) is 4.53. The lowest BCUT2D eigenvalue weighted by Gasteiger charge is -2.12. The van der Waals surface area contributed by atoms with Crippen molar-refractivity contribution < 1.29 is 24.0 Å². The van der Waals surface area contributed by atoms with Crippen LogP contribution in [0, 0.1) is 17.0 Å². The highest BCUT2D eigenvalue weighted by molar-refractivity contribution is 8.00. The third-order valence-corrected chi connectivity index (χ3v) is 7.16. The van der Waals surface area contributed by atoms with Crippen molar-refractivity contribution in [2.75, 3.05) is 23.5 Å². The molecule has 4 aromatic carbocycles. The van der Waals surface area contributed by atoms with Gasteiger partial charge in [-0.3, -0.25) is 24.5 Å². The monoisotopic (exact) mass is 596 g/mol. The van der Waals surface area contributed by atoms with Crippen LogP contribution in [-0.2, 0) is 9.59 Å². The van der Waals surface area contributed by atoms with E-state index >= 15 is 0 Å². The Morgan fingerprint density at radius 2 is 1.60 bits per heavy atom. The predicted molar refractivity (Wildman–Crippen MR) is 167 cm³/mol. The van der Waals surface area contributed by atoms with Crippen LogP contribution in [0.5, 0.6) is 5.75 Å². The van der Waals surface area contributed by atoms with Gasteiger partial charge in [0.25, 0.3) is 17.5 Å². The number of nitrogens with one attached hydrogen (secondary N) is 3. The quantitative estimate of drug-likeness (QED) is 0.0829. The van der Waals surface area contributed by atoms with E-state index in [2.05, 4.69) is 16.0 Å². The number of nitrogens with zero attached hydrogens (tertiary/aromatic N) is 1. The maximum absolute atomic E-state index is 13.3. The zero-order valence-corrected chi connectivity index (χ0v) is 24.1. The molecule has 0 saturated heterocycles. The molecule has 10 nitrogen and oxygen atoms in total. The molecule has 0 fully saturated rings. The number of anilines is 2. The molecule has 0 aromatic heterocycles. The number of ether oxygens (including phenoxy) is 1. The Morgan fingerprint density at radius 1 is 0.907 bits per heavy atom. The van der Waals surface area contributed by atoms with Gasteiger partial charge in [-0.25, -0.2) is 0 Å². The molecule has 4 rings (SSSR count). The first-order valence-electron chi connectivity index (χ1n) is 13.0. The minimum atomic E-state index is -0.521. The van der Waals surface area contributed by atoms with Crippen LogP contribution in [0.2, 0.25) is 0 Å². The lowest BCUT2D eigenvalue weighted by molar-refractivity contribution is -0.384. The van der Waals surface area contributed by atoms with Gasteiger partial charge in [-0.15, -0.1) is 11.8 Å². The minimum Gasteiger partial charge on any atom is -0.497 e. The average molecular weight is 597 g/mol. The first-order valence-corrected chi connectivity index (χ1v) is 14.0. The highest BCUT2D eigenvalue weighted by Gasteiger charge is 2.16. The van der Waals surface area contributed by atoms with Gasteiger partial charge >= 0.3 is 0 Å². The summed E-state index contributed by atoms with van der Waals surface area (Å²) in [6.45, 7) is 1.75. The molecule has 0 heterocycles. The van der Waals surface area contributed by atoms with Gasteiger partial charge in [-0.1, -0.05) is 36.4 Å². The van der Waals surface area contributed by atoms with E-state index in [-0.39, 0.29) is 23.0 Å². The fourth-order valence-electron chi connectivity index (χ4n) is 3.84. The highest BCUT2D eigenvalue weighted by atomic mass is 32.2. The molecule has 0 bridgehead atoms. The van der Waals surface area contributed by atoms with Crippen LogP contribution >= 0.6 is 11.8 Å². The number of carbonyl (C=O) groups is 3. The molecule has 0 spiro atoms. The SMILES string of the molecule is COc1ccc(/C=C(\NC(=O)c2ccccc2)C(=O)Nc2ccc(SCC(=O)Nc3cc([N+](=O)[O-])ccc3C)cc2)cc1. The van der Waals surface area contributed by atoms with Crippen LogP contribution in [0.15, 0.2) is 108 Å². The van der Waals surface area contributed by atoms with E-state index in [4.69, 9.17) is 4.74 Å². The molecule has 0 aliphatic carbocycles. The predicted octanol–water partition coefficient (Wildman–Crippen LogP) is 6.05. The van der Waals surface area contributed by atoms with E-state index in [9.17, 15) is 24.5 Å². The van der Waals surface area contributed by atoms with E-state index in [1.165, 1.54) is 23.9 Å². The van der Waals surface area contributed by atoms with Crippen molar-refractivity contribution in [1.82, 2.24) is 5.32 Å². The number of carbonyl (C=O) groups excluding carboxylic acids is 3. The van der Waals surface area contributed by atoms with E-state index in [0.717, 1.165) is 4.90 Å². The average Bonchev–Trinajstić information content (AvgIpc) is 3.02. The molecule has 0 aliphatic heterocycles. The number of methoxy groups -OCH3 is 1. The van der Waals surface area contributed by atoms with Crippen molar-refractivity contribution in [3.05, 3.63) is 130 Å². The molecule has 4 aromatic rings. The van der Waals surface area contributed by atoms with Crippen molar-refractivity contribution in [2.24, 2.45) is 0 Å². The number of thioether (sulfide) groups is 1. The summed E-state index contributed by atoms with van der Waals surface area (Å²) in [4.78, 5) is 49.9. The second-order valence-corrected chi connectivity index (χ2v) is 10.3. The largest absolute Gasteiger partial charge is 0.497 e. The van der Waals surface area contributed by atoms with Crippen LogP contribution in [0.1, 0.15) is 21.5 Å². The molecule has 3 N–H and O–H groups in total. The standard InChI is InChI=1S/C32H28N4O6S/c1-21-8-13-25(36(40)41)19-28(21)34-30(37)20-43-27-16-11-24(12-17-27)33-32(39)29(18-22-9-14-26(42-2)15-10-22)35-31(38)23-6-4-3-5-7-23/h3-19H,20H2,1-2H3,(H,33,39)(H,34,37)(H,35,38)/b29-18-. The van der Waals surface area contributed by atoms with Crippen molar-refractivity contribution in [1.29, 1.82) is 0 Å². The third kappa shape index (κ3) is 8.78. The minimum absolute atomic E-state index is 0.0468. The van der Waals surface area contributed by atoms with Gasteiger partial charge in [0.1, 0.15) is 11.4 Å². The molecule has 11 heteroatoms. The summed E-state index contributed by atoms with van der Waals surface area (Å²) in [5.41, 5.74) is 2.62. The summed E-state index contributed by atoms with van der Waals surface area (Å²) < 4.78 is 5.19. The molecule has 0 saturated carbocycles. The topological polar surface area (TPSA) is 140 Å². The first kappa shape index (κ1) is 30.5. The van der Waals surface area contributed by atoms with Gasteiger partial charge in [-0.2, -0.15) is 0 Å². The first-order chi connectivity index (χ1) is 20.7. The Balaban J connectivity index is 1.40. The van der Waals surface area contributed by atoms with Gasteiger partial charge in [0.15, 0.2) is 0 Å². The number of nitro benzene ring substituents is 1. The molecular formula is C32H28N4O6S. The van der Waals surface area contributed by atoms with E-state index in [1.54, 1.807) is 105 Å². The van der Waals surface area contributed by atoms with Gasteiger partial charge in [0.05, 0.1) is 23.5 Å². The molecule has 0 atom stereocenters. The number of benzene rings is 4. The number of amides is 3. The molecule has 43 heavy (non-hydrogen) atoms. The van der Waals surface area contributed by atoms with Crippen LogP contribution < -0.4 is 20.7 Å². The molecule has 218 valence electrons. The zero-order valence-electron chi connectivity index (χ0n) is 23.3. The van der Waals surface area contributed by atoms with Crippen molar-refractivity contribution in [3.8, 4) is 5.75 Å². The maximum atomic E-state index is 13.3. The maximum Gasteiger partial charge on any atom is 0.272 e. The van der Waals surface area contributed by atoms with Gasteiger partial charge in [0, 0.05) is 28.3 Å². The Bertz CT molecular complexity index is 1660. The van der Waals surface area contributed by atoms with Crippen LogP contribution in [0.3, 0.4) is 0 Å². The Hall–Kier alpha value is -5.42. The normalized spacial score (nSPS) is 10.9. The van der Waals surface area contributed by atoms with E-state index in [0.29, 0.717) is 33.8 Å². The summed E-state index contributed by atoms with van der Waals surface area (Å²) in [6.07, 6.45) is 1.57. The molecule has 3 amide bonds. The number of nitro groups is 1. The van der Waals surface area contributed by atoms with Crippen LogP contribution in [0.25, 0.3) is 6.08 Å². The number of rotatable bonds is 11. The van der Waals surface area contributed by atoms with Gasteiger partial charge < -0.3 is 20.7 Å². The number of hydrogen-bond donors (Lipinski definition) is 3. The molecule has 0 radical (unpaired) electrons. The number of hydrogen-bond acceptors (Lipinski definition) is 7. The van der Waals surface area contributed by atoms with E-state index in [1.807, 2.05) is 0 Å². The summed E-state index contributed by atoms with van der Waals surface area (Å²) in [6, 6.07) is 26.8. The van der Waals surface area contributed by atoms with Gasteiger partial charge in [-0.05, 0) is 72.7 Å². The Morgan fingerprint density at radius 3 is 2.26 bits per heavy atom. The highest BCUT2D eigenvalue weighted by Crippen LogP contribution is 2.24. The van der Waals surface area contributed by atoms with Crippen molar-refractivity contribution >= 4 is 52.6 Å². The smallest absolute Gasteiger partial charge is 0.272 e. The van der Waals surface area contributed by atoms with Crippen LogP contribution in [0.4, 0.5) is 17.1 Å². The third-order valence-electron chi connectivity index (χ3n) is 6.14. The zero-order chi connectivity index (χ0) is 30.8. The molecule has 0 unspecified atom stereocenters. The van der Waals surface area contributed by atoms with Crippen LogP contribution in [-0.4, -0.2) is 35.5 Å². The van der Waals surface area contributed by atoms with E-state index < -0.39 is 16.7 Å². The Kier molecular flexibility index (Phi) is 10.3. The van der Waals surface area contributed by atoms with Crippen molar-refractivity contribution in [2.45, 2.75) is 11.8 Å². The van der Waals surface area contributed by atoms with Crippen molar-refractivity contribution in [3.63, 3.8) is 0 Å². The van der Waals surface area contributed by atoms with Gasteiger partial charge in [0.2, 0.25) is 5.91 Å². The summed E-state index contributed by atoms with van der Waals surface area (Å²) in [5.74, 6) is -0.527. The summed E-state index contributed by atoms with van der Waals surface area (Å²) in [7, 11) is 1.56. The molecular weight excluding hydrogens is 568 g/mol. The lowest BCUT2D eigenvalue weighted by Crippen LogP contribution is -2.30. The summed E-state index contributed by atoms with van der Waals surface area (Å²) in [5, 5.41) is 19.2. The summed E-state index contributed by atoms with van der Waals surface area (Å²) >= 11 is 1.27. The number of aryl methyl sites for hydroxylation is 1. The fraction of sp³-hybridized carbons (Fsp3) is 0.0938. The Labute approximate surface area is 252 Å².